The van der Waals surface area contributed by atoms with Crippen LogP contribution in [-0.2, 0) is 6.54 Å². The Hall–Kier alpha value is -1.09. The highest BCUT2D eigenvalue weighted by atomic mass is 15.2. The summed E-state index contributed by atoms with van der Waals surface area (Å²) in [5, 5.41) is 0. The van der Waals surface area contributed by atoms with Crippen LogP contribution in [0.3, 0.4) is 0 Å². The molecule has 1 aliphatic heterocycles. The molecule has 1 aromatic rings. The first-order valence-corrected chi connectivity index (χ1v) is 7.25. The number of rotatable bonds is 2. The number of aromatic nitrogens is 1. The highest BCUT2D eigenvalue weighted by molar-refractivity contribution is 5.52. The van der Waals surface area contributed by atoms with Crippen molar-refractivity contribution in [2.24, 2.45) is 17.1 Å². The van der Waals surface area contributed by atoms with E-state index in [-0.39, 0.29) is 0 Å². The fraction of sp³-hybridized carbons (Fsp3) is 0.688. The third-order valence-electron chi connectivity index (χ3n) is 4.37. The maximum atomic E-state index is 5.92. The molecule has 1 aromatic heterocycles. The van der Waals surface area contributed by atoms with Crippen molar-refractivity contribution < 1.29 is 0 Å². The molecule has 2 heterocycles. The van der Waals surface area contributed by atoms with E-state index < -0.39 is 0 Å². The Bertz CT molecular complexity index is 460. The van der Waals surface area contributed by atoms with Gasteiger partial charge in [-0.3, -0.25) is 0 Å². The third-order valence-corrected chi connectivity index (χ3v) is 4.37. The standard InChI is InChI=1S/C16H27N3/c1-11-8-12(2)18-15(14(11)9-17)19-7-6-13(10-19)16(3,4)5/h8,13H,6-7,9-10,17H2,1-5H3. The van der Waals surface area contributed by atoms with Crippen LogP contribution in [0.25, 0.3) is 0 Å². The molecule has 1 aliphatic rings. The average Bonchev–Trinajstić information content (AvgIpc) is 2.76. The molecule has 1 atom stereocenters. The number of nitrogens with zero attached hydrogens (tertiary/aromatic N) is 2. The van der Waals surface area contributed by atoms with Gasteiger partial charge in [0.1, 0.15) is 5.82 Å². The van der Waals surface area contributed by atoms with Crippen molar-refractivity contribution in [3.8, 4) is 0 Å². The molecule has 1 saturated heterocycles. The van der Waals surface area contributed by atoms with Gasteiger partial charge in [-0.1, -0.05) is 20.8 Å². The monoisotopic (exact) mass is 261 g/mol. The first kappa shape index (κ1) is 14.3. The van der Waals surface area contributed by atoms with Gasteiger partial charge in [-0.05, 0) is 43.2 Å². The van der Waals surface area contributed by atoms with Gasteiger partial charge in [0, 0.05) is 30.9 Å². The predicted molar refractivity (Wildman–Crippen MR) is 81.4 cm³/mol. The van der Waals surface area contributed by atoms with E-state index >= 15 is 0 Å². The first-order valence-electron chi connectivity index (χ1n) is 7.25. The number of hydrogen-bond acceptors (Lipinski definition) is 3. The fourth-order valence-corrected chi connectivity index (χ4v) is 3.02. The summed E-state index contributed by atoms with van der Waals surface area (Å²) >= 11 is 0. The Morgan fingerprint density at radius 3 is 2.58 bits per heavy atom. The SMILES string of the molecule is Cc1cc(C)c(CN)c(N2CCC(C(C)(C)C)C2)n1. The van der Waals surface area contributed by atoms with Gasteiger partial charge < -0.3 is 10.6 Å². The zero-order valence-electron chi connectivity index (χ0n) is 13.0. The van der Waals surface area contributed by atoms with Crippen LogP contribution in [0.15, 0.2) is 6.07 Å². The zero-order chi connectivity index (χ0) is 14.2. The number of anilines is 1. The molecule has 3 heteroatoms. The summed E-state index contributed by atoms with van der Waals surface area (Å²) < 4.78 is 0. The van der Waals surface area contributed by atoms with E-state index in [1.54, 1.807) is 0 Å². The molecule has 0 bridgehead atoms. The molecule has 0 aliphatic carbocycles. The molecule has 0 amide bonds. The van der Waals surface area contributed by atoms with Crippen molar-refractivity contribution in [3.05, 3.63) is 22.9 Å². The number of nitrogens with two attached hydrogens (primary N) is 1. The van der Waals surface area contributed by atoms with Gasteiger partial charge in [0.2, 0.25) is 0 Å². The lowest BCUT2D eigenvalue weighted by Crippen LogP contribution is -2.27. The van der Waals surface area contributed by atoms with Crippen molar-refractivity contribution in [2.45, 2.75) is 47.6 Å². The van der Waals surface area contributed by atoms with Gasteiger partial charge in [0.05, 0.1) is 0 Å². The Balaban J connectivity index is 2.29. The molecule has 1 unspecified atom stereocenters. The second-order valence-electron chi connectivity index (χ2n) is 6.88. The Labute approximate surface area is 117 Å². The van der Waals surface area contributed by atoms with Crippen molar-refractivity contribution >= 4 is 5.82 Å². The average molecular weight is 261 g/mol. The van der Waals surface area contributed by atoms with E-state index in [2.05, 4.69) is 45.6 Å². The quantitative estimate of drug-likeness (QED) is 0.890. The van der Waals surface area contributed by atoms with Crippen molar-refractivity contribution in [1.82, 2.24) is 4.98 Å². The molecule has 0 aromatic carbocycles. The van der Waals surface area contributed by atoms with E-state index in [0.717, 1.165) is 30.5 Å². The Morgan fingerprint density at radius 2 is 2.05 bits per heavy atom. The number of aryl methyl sites for hydroxylation is 2. The van der Waals surface area contributed by atoms with E-state index in [9.17, 15) is 0 Å². The van der Waals surface area contributed by atoms with Gasteiger partial charge in [0.15, 0.2) is 0 Å². The highest BCUT2D eigenvalue weighted by Gasteiger charge is 2.33. The van der Waals surface area contributed by atoms with Gasteiger partial charge in [0.25, 0.3) is 0 Å². The van der Waals surface area contributed by atoms with Crippen LogP contribution in [0.1, 0.15) is 44.0 Å². The molecule has 2 N–H and O–H groups in total. The Kier molecular flexibility index (Phi) is 3.86. The summed E-state index contributed by atoms with van der Waals surface area (Å²) in [6, 6.07) is 2.13. The highest BCUT2D eigenvalue weighted by Crippen LogP contribution is 2.36. The van der Waals surface area contributed by atoms with E-state index in [1.807, 2.05) is 0 Å². The van der Waals surface area contributed by atoms with Crippen LogP contribution < -0.4 is 10.6 Å². The first-order chi connectivity index (χ1) is 8.82. The van der Waals surface area contributed by atoms with Crippen LogP contribution in [0, 0.1) is 25.2 Å². The minimum Gasteiger partial charge on any atom is -0.356 e. The molecule has 0 saturated carbocycles. The summed E-state index contributed by atoms with van der Waals surface area (Å²) in [4.78, 5) is 7.18. The van der Waals surface area contributed by atoms with Crippen molar-refractivity contribution in [1.29, 1.82) is 0 Å². The molecule has 0 radical (unpaired) electrons. The molecule has 106 valence electrons. The lowest BCUT2D eigenvalue weighted by atomic mass is 9.80. The zero-order valence-corrected chi connectivity index (χ0v) is 13.0. The predicted octanol–water partition coefficient (Wildman–Crippen LogP) is 3.03. The Morgan fingerprint density at radius 1 is 1.37 bits per heavy atom. The van der Waals surface area contributed by atoms with Crippen LogP contribution in [0.5, 0.6) is 0 Å². The smallest absolute Gasteiger partial charge is 0.133 e. The normalized spacial score (nSPS) is 20.1. The second-order valence-corrected chi connectivity index (χ2v) is 6.88. The van der Waals surface area contributed by atoms with Crippen LogP contribution in [0.2, 0.25) is 0 Å². The third kappa shape index (κ3) is 2.92. The molecular weight excluding hydrogens is 234 g/mol. The van der Waals surface area contributed by atoms with Gasteiger partial charge in [-0.25, -0.2) is 4.98 Å². The number of hydrogen-bond donors (Lipinski definition) is 1. The maximum Gasteiger partial charge on any atom is 0.133 e. The van der Waals surface area contributed by atoms with Crippen LogP contribution >= 0.6 is 0 Å². The lowest BCUT2D eigenvalue weighted by Gasteiger charge is -2.28. The summed E-state index contributed by atoms with van der Waals surface area (Å²) in [6.07, 6.45) is 1.25. The van der Waals surface area contributed by atoms with Crippen LogP contribution in [-0.4, -0.2) is 18.1 Å². The van der Waals surface area contributed by atoms with Gasteiger partial charge >= 0.3 is 0 Å². The minimum atomic E-state index is 0.372. The van der Waals surface area contributed by atoms with Crippen molar-refractivity contribution in [3.63, 3.8) is 0 Å². The topological polar surface area (TPSA) is 42.1 Å². The van der Waals surface area contributed by atoms with E-state index in [0.29, 0.717) is 12.0 Å². The fourth-order valence-electron chi connectivity index (χ4n) is 3.02. The molecule has 0 spiro atoms. The molecule has 1 fully saturated rings. The summed E-state index contributed by atoms with van der Waals surface area (Å²) in [6.45, 7) is 14.0. The lowest BCUT2D eigenvalue weighted by molar-refractivity contribution is 0.263. The van der Waals surface area contributed by atoms with Gasteiger partial charge in [-0.15, -0.1) is 0 Å². The summed E-state index contributed by atoms with van der Waals surface area (Å²) in [5.74, 6) is 1.85. The molecule has 3 nitrogen and oxygen atoms in total. The van der Waals surface area contributed by atoms with E-state index in [4.69, 9.17) is 10.7 Å². The van der Waals surface area contributed by atoms with Crippen LogP contribution in [0.4, 0.5) is 5.82 Å². The summed E-state index contributed by atoms with van der Waals surface area (Å²) in [5.41, 5.74) is 9.86. The second kappa shape index (κ2) is 5.12. The van der Waals surface area contributed by atoms with E-state index in [1.165, 1.54) is 17.5 Å². The number of pyridine rings is 1. The minimum absolute atomic E-state index is 0.372. The largest absolute Gasteiger partial charge is 0.356 e. The molecular formula is C16H27N3. The summed E-state index contributed by atoms with van der Waals surface area (Å²) in [7, 11) is 0. The maximum absolute atomic E-state index is 5.92. The molecule has 2 rings (SSSR count). The molecule has 19 heavy (non-hydrogen) atoms. The van der Waals surface area contributed by atoms with Crippen molar-refractivity contribution in [2.75, 3.05) is 18.0 Å². The van der Waals surface area contributed by atoms with Gasteiger partial charge in [-0.2, -0.15) is 0 Å².